The fraction of sp³-hybridized carbons (Fsp3) is 0.706. The number of nitrogens with two attached hydrogens (primary N) is 2. The van der Waals surface area contributed by atoms with Crippen molar-refractivity contribution in [3.05, 3.63) is 0 Å². The van der Waals surface area contributed by atoms with E-state index in [1.807, 2.05) is 6.26 Å². The number of amides is 4. The van der Waals surface area contributed by atoms with E-state index in [2.05, 4.69) is 28.6 Å². The number of carboxylic acids is 1. The maximum Gasteiger partial charge on any atom is 0.326 e. The minimum atomic E-state index is -1.35. The Labute approximate surface area is 185 Å². The standard InChI is InChI=1S/C17H31N5O6S2/c1-8(2)13(16(26)20-10(17(27)28)4-5-30-3)22-15(25)11(6-12(19)23)21-14(24)9(18)7-29/h8-11,13,29H,4-7,18H2,1-3H3,(H2,19,23)(H,20,26)(H,21,24)(H,22,25)(H,27,28). The van der Waals surface area contributed by atoms with Crippen molar-refractivity contribution < 1.29 is 29.1 Å². The highest BCUT2D eigenvalue weighted by molar-refractivity contribution is 7.98. The van der Waals surface area contributed by atoms with Crippen LogP contribution in [0.2, 0.25) is 0 Å². The maximum atomic E-state index is 12.6. The largest absolute Gasteiger partial charge is 0.480 e. The predicted molar refractivity (Wildman–Crippen MR) is 117 cm³/mol. The van der Waals surface area contributed by atoms with Gasteiger partial charge in [0.2, 0.25) is 23.6 Å². The van der Waals surface area contributed by atoms with E-state index in [1.54, 1.807) is 13.8 Å². The molecule has 4 atom stereocenters. The summed E-state index contributed by atoms with van der Waals surface area (Å²) in [6.45, 7) is 3.31. The molecule has 4 unspecified atom stereocenters. The molecule has 13 heteroatoms. The number of rotatable bonds is 14. The van der Waals surface area contributed by atoms with E-state index in [9.17, 15) is 29.1 Å². The van der Waals surface area contributed by atoms with Gasteiger partial charge in [0.05, 0.1) is 12.5 Å². The molecule has 0 fully saturated rings. The third-order valence-corrected chi connectivity index (χ3v) is 5.08. The Balaban J connectivity index is 5.35. The highest BCUT2D eigenvalue weighted by Crippen LogP contribution is 2.07. The number of nitrogens with one attached hydrogen (secondary N) is 3. The van der Waals surface area contributed by atoms with Crippen molar-refractivity contribution in [1.29, 1.82) is 0 Å². The fourth-order valence-corrected chi connectivity index (χ4v) is 2.95. The van der Waals surface area contributed by atoms with Gasteiger partial charge in [0, 0.05) is 5.75 Å². The molecule has 30 heavy (non-hydrogen) atoms. The fourth-order valence-electron chi connectivity index (χ4n) is 2.32. The minimum absolute atomic E-state index is 0.0143. The molecule has 0 aliphatic carbocycles. The van der Waals surface area contributed by atoms with Gasteiger partial charge in [-0.3, -0.25) is 19.2 Å². The van der Waals surface area contributed by atoms with Gasteiger partial charge in [0.25, 0.3) is 0 Å². The first kappa shape index (κ1) is 28.0. The van der Waals surface area contributed by atoms with E-state index in [-0.39, 0.29) is 12.2 Å². The second-order valence-electron chi connectivity index (χ2n) is 6.93. The van der Waals surface area contributed by atoms with Gasteiger partial charge in [-0.2, -0.15) is 24.4 Å². The lowest BCUT2D eigenvalue weighted by atomic mass is 10.0. The smallest absolute Gasteiger partial charge is 0.326 e. The molecule has 0 spiro atoms. The molecule has 172 valence electrons. The van der Waals surface area contributed by atoms with Gasteiger partial charge in [-0.05, 0) is 24.3 Å². The van der Waals surface area contributed by atoms with Crippen LogP contribution in [0.25, 0.3) is 0 Å². The van der Waals surface area contributed by atoms with E-state index in [0.717, 1.165) is 0 Å². The molecule has 8 N–H and O–H groups in total. The molecule has 4 amide bonds. The molecule has 0 heterocycles. The lowest BCUT2D eigenvalue weighted by Gasteiger charge is -2.26. The zero-order valence-corrected chi connectivity index (χ0v) is 18.9. The summed E-state index contributed by atoms with van der Waals surface area (Å²) in [5.74, 6) is -4.13. The number of hydrogen-bond donors (Lipinski definition) is 7. The Morgan fingerprint density at radius 3 is 2.00 bits per heavy atom. The van der Waals surface area contributed by atoms with E-state index in [4.69, 9.17) is 11.5 Å². The highest BCUT2D eigenvalue weighted by atomic mass is 32.2. The Kier molecular flexibility index (Phi) is 13.2. The lowest BCUT2D eigenvalue weighted by molar-refractivity contribution is -0.142. The number of carboxylic acid groups (broad SMARTS) is 1. The molecule has 0 aromatic rings. The van der Waals surface area contributed by atoms with Crippen molar-refractivity contribution in [2.75, 3.05) is 17.8 Å². The summed E-state index contributed by atoms with van der Waals surface area (Å²) < 4.78 is 0. The Morgan fingerprint density at radius 1 is 1.00 bits per heavy atom. The third kappa shape index (κ3) is 10.2. The zero-order chi connectivity index (χ0) is 23.4. The summed E-state index contributed by atoms with van der Waals surface area (Å²) >= 11 is 5.34. The van der Waals surface area contributed by atoms with Crippen LogP contribution in [0.3, 0.4) is 0 Å². The van der Waals surface area contributed by atoms with Crippen molar-refractivity contribution in [3.63, 3.8) is 0 Å². The second-order valence-corrected chi connectivity index (χ2v) is 8.28. The summed E-state index contributed by atoms with van der Waals surface area (Å²) in [6, 6.07) is -4.56. The van der Waals surface area contributed by atoms with Gasteiger partial charge in [-0.15, -0.1) is 0 Å². The van der Waals surface area contributed by atoms with Crippen molar-refractivity contribution in [2.45, 2.75) is 50.9 Å². The van der Waals surface area contributed by atoms with Crippen LogP contribution < -0.4 is 27.4 Å². The van der Waals surface area contributed by atoms with Gasteiger partial charge in [-0.25, -0.2) is 4.79 Å². The Morgan fingerprint density at radius 2 is 1.57 bits per heavy atom. The molecular weight excluding hydrogens is 434 g/mol. The van der Waals surface area contributed by atoms with Gasteiger partial charge < -0.3 is 32.5 Å². The molecule has 0 aliphatic heterocycles. The highest BCUT2D eigenvalue weighted by Gasteiger charge is 2.32. The Bertz CT molecular complexity index is 634. The molecule has 11 nitrogen and oxygen atoms in total. The van der Waals surface area contributed by atoms with Crippen LogP contribution >= 0.6 is 24.4 Å². The van der Waals surface area contributed by atoms with Crippen molar-refractivity contribution >= 4 is 54.0 Å². The van der Waals surface area contributed by atoms with Crippen LogP contribution in [-0.2, 0) is 24.0 Å². The lowest BCUT2D eigenvalue weighted by Crippen LogP contribution is -2.59. The van der Waals surface area contributed by atoms with E-state index in [0.29, 0.717) is 5.75 Å². The van der Waals surface area contributed by atoms with Crippen LogP contribution in [-0.4, -0.2) is 76.6 Å². The van der Waals surface area contributed by atoms with Gasteiger partial charge >= 0.3 is 5.97 Å². The second kappa shape index (κ2) is 14.1. The van der Waals surface area contributed by atoms with Crippen molar-refractivity contribution in [3.8, 4) is 0 Å². The van der Waals surface area contributed by atoms with Gasteiger partial charge in [0.1, 0.15) is 18.1 Å². The molecule has 0 aliphatic rings. The quantitative estimate of drug-likeness (QED) is 0.144. The average molecular weight is 466 g/mol. The first-order valence-electron chi connectivity index (χ1n) is 9.22. The summed E-state index contributed by atoms with van der Waals surface area (Å²) in [4.78, 5) is 59.9. The number of hydrogen-bond acceptors (Lipinski definition) is 8. The molecular formula is C17H31N5O6S2. The van der Waals surface area contributed by atoms with E-state index in [1.165, 1.54) is 11.8 Å². The minimum Gasteiger partial charge on any atom is -0.480 e. The van der Waals surface area contributed by atoms with E-state index >= 15 is 0 Å². The number of carbonyl (C=O) groups excluding carboxylic acids is 4. The number of primary amides is 1. The molecule has 0 bridgehead atoms. The maximum absolute atomic E-state index is 12.6. The first-order chi connectivity index (χ1) is 13.9. The summed E-state index contributed by atoms with van der Waals surface area (Å²) in [6.07, 6.45) is 1.52. The predicted octanol–water partition coefficient (Wildman–Crippen LogP) is -1.93. The number of aliphatic carboxylic acids is 1. The summed E-state index contributed by atoms with van der Waals surface area (Å²) in [7, 11) is 0. The molecule has 0 saturated heterocycles. The van der Waals surface area contributed by atoms with Gasteiger partial charge in [0.15, 0.2) is 0 Å². The van der Waals surface area contributed by atoms with Crippen molar-refractivity contribution in [1.82, 2.24) is 16.0 Å². The average Bonchev–Trinajstić information content (AvgIpc) is 2.66. The molecule has 0 aromatic heterocycles. The van der Waals surface area contributed by atoms with Gasteiger partial charge in [-0.1, -0.05) is 13.8 Å². The van der Waals surface area contributed by atoms with Crippen LogP contribution in [0, 0.1) is 5.92 Å². The van der Waals surface area contributed by atoms with Crippen LogP contribution in [0.5, 0.6) is 0 Å². The third-order valence-electron chi connectivity index (χ3n) is 4.04. The topological polar surface area (TPSA) is 194 Å². The van der Waals surface area contributed by atoms with Crippen LogP contribution in [0.15, 0.2) is 0 Å². The number of thioether (sulfide) groups is 1. The first-order valence-corrected chi connectivity index (χ1v) is 11.2. The molecule has 0 radical (unpaired) electrons. The zero-order valence-electron chi connectivity index (χ0n) is 17.2. The normalized spacial score (nSPS) is 14.9. The monoisotopic (exact) mass is 465 g/mol. The van der Waals surface area contributed by atoms with E-state index < -0.39 is 66.1 Å². The molecule has 0 aromatic carbocycles. The van der Waals surface area contributed by atoms with Crippen LogP contribution in [0.4, 0.5) is 0 Å². The molecule has 0 saturated carbocycles. The summed E-state index contributed by atoms with van der Waals surface area (Å²) in [5.41, 5.74) is 10.7. The number of carbonyl (C=O) groups is 5. The number of thiol groups is 1. The van der Waals surface area contributed by atoms with Crippen molar-refractivity contribution in [2.24, 2.45) is 17.4 Å². The molecule has 0 rings (SSSR count). The Hall–Kier alpha value is -1.99. The SMILES string of the molecule is CSCCC(NC(=O)C(NC(=O)C(CC(N)=O)NC(=O)C(N)CS)C(C)C)C(=O)O. The van der Waals surface area contributed by atoms with Crippen LogP contribution in [0.1, 0.15) is 26.7 Å². The summed E-state index contributed by atoms with van der Waals surface area (Å²) in [5, 5.41) is 16.5.